The molecule has 0 atom stereocenters. The van der Waals surface area contributed by atoms with Gasteiger partial charge in [0.2, 0.25) is 5.91 Å². The first-order valence-corrected chi connectivity index (χ1v) is 13.2. The Morgan fingerprint density at radius 2 is 1.64 bits per heavy atom. The average Bonchev–Trinajstić information content (AvgIpc) is 3.25. The zero-order valence-electron chi connectivity index (χ0n) is 20.9. The number of benzene rings is 2. The molecule has 1 aromatic heterocycles. The second-order valence-electron chi connectivity index (χ2n) is 8.93. The smallest absolute Gasteiger partial charge is 0.277 e. The maximum atomic E-state index is 13.7. The van der Waals surface area contributed by atoms with Crippen LogP contribution >= 0.6 is 0 Å². The van der Waals surface area contributed by atoms with E-state index in [1.165, 1.54) is 4.68 Å². The number of nitrogens with zero attached hydrogens (tertiary/aromatic N) is 5. The largest absolute Gasteiger partial charge is 0.497 e. The lowest BCUT2D eigenvalue weighted by Gasteiger charge is -2.28. The normalized spacial score (nSPS) is 13.6. The van der Waals surface area contributed by atoms with Gasteiger partial charge in [0.1, 0.15) is 11.4 Å². The van der Waals surface area contributed by atoms with Crippen molar-refractivity contribution < 1.29 is 22.7 Å². The molecule has 36 heavy (non-hydrogen) atoms. The summed E-state index contributed by atoms with van der Waals surface area (Å²) >= 11 is 0. The Morgan fingerprint density at radius 3 is 2.19 bits per heavy atom. The lowest BCUT2D eigenvalue weighted by atomic mass is 10.1. The molecule has 2 aromatic carbocycles. The first kappa shape index (κ1) is 25.4. The van der Waals surface area contributed by atoms with Crippen LogP contribution in [0.3, 0.4) is 0 Å². The van der Waals surface area contributed by atoms with Crippen LogP contribution in [0.4, 0.5) is 11.4 Å². The van der Waals surface area contributed by atoms with Gasteiger partial charge in [0.25, 0.3) is 5.91 Å². The zero-order valence-corrected chi connectivity index (χ0v) is 21.7. The third-order valence-electron chi connectivity index (χ3n) is 6.02. The molecule has 0 saturated heterocycles. The van der Waals surface area contributed by atoms with Crippen molar-refractivity contribution in [3.8, 4) is 11.4 Å². The Bertz CT molecular complexity index is 1400. The number of carbonyl (C=O) groups is 2. The van der Waals surface area contributed by atoms with Crippen molar-refractivity contribution >= 4 is 33.0 Å². The summed E-state index contributed by atoms with van der Waals surface area (Å²) in [6, 6.07) is 14.0. The van der Waals surface area contributed by atoms with Gasteiger partial charge in [-0.3, -0.25) is 9.59 Å². The first-order chi connectivity index (χ1) is 17.0. The van der Waals surface area contributed by atoms with Crippen molar-refractivity contribution in [3.05, 3.63) is 59.8 Å². The van der Waals surface area contributed by atoms with Crippen LogP contribution in [0.2, 0.25) is 0 Å². The van der Waals surface area contributed by atoms with Crippen LogP contribution in [0.1, 0.15) is 16.1 Å². The van der Waals surface area contributed by atoms with E-state index < -0.39 is 9.84 Å². The van der Waals surface area contributed by atoms with Crippen LogP contribution in [0.15, 0.2) is 53.6 Å². The number of anilines is 2. The van der Waals surface area contributed by atoms with Gasteiger partial charge in [0.15, 0.2) is 14.9 Å². The van der Waals surface area contributed by atoms with E-state index in [1.807, 2.05) is 14.1 Å². The predicted octanol–water partition coefficient (Wildman–Crippen LogP) is 2.01. The number of fused-ring (bicyclic) bond motifs is 1. The zero-order chi connectivity index (χ0) is 26.2. The molecule has 0 spiro atoms. The second-order valence-corrected chi connectivity index (χ2v) is 10.9. The third kappa shape index (κ3) is 4.84. The average molecular weight is 512 g/mol. The number of carbonyl (C=O) groups excluding carboxylic acids is 2. The molecular weight excluding hydrogens is 482 g/mol. The van der Waals surface area contributed by atoms with Crippen molar-refractivity contribution in [1.82, 2.24) is 14.7 Å². The molecule has 0 fully saturated rings. The summed E-state index contributed by atoms with van der Waals surface area (Å²) in [5, 5.41) is 4.25. The summed E-state index contributed by atoms with van der Waals surface area (Å²) in [5.74, 6) is 0.229. The minimum atomic E-state index is -3.65. The van der Waals surface area contributed by atoms with Gasteiger partial charge in [-0.1, -0.05) is 0 Å². The Hall–Kier alpha value is -3.70. The Kier molecular flexibility index (Phi) is 6.87. The number of hydrogen-bond donors (Lipinski definition) is 0. The van der Waals surface area contributed by atoms with Crippen LogP contribution in [-0.4, -0.2) is 82.5 Å². The van der Waals surface area contributed by atoms with Crippen LogP contribution in [0.25, 0.3) is 5.69 Å². The molecule has 1 aliphatic heterocycles. The molecule has 2 heterocycles. The number of ether oxygens (including phenoxy) is 1. The number of methoxy groups -OCH3 is 1. The Labute approximate surface area is 210 Å². The molecule has 190 valence electrons. The minimum absolute atomic E-state index is 0.0526. The van der Waals surface area contributed by atoms with Crippen LogP contribution in [0, 0.1) is 0 Å². The molecule has 0 unspecified atom stereocenters. The highest BCUT2D eigenvalue weighted by molar-refractivity contribution is 7.90. The van der Waals surface area contributed by atoms with Gasteiger partial charge >= 0.3 is 0 Å². The van der Waals surface area contributed by atoms with Gasteiger partial charge in [-0.15, -0.1) is 0 Å². The summed E-state index contributed by atoms with van der Waals surface area (Å²) in [7, 11) is 3.27. The van der Waals surface area contributed by atoms with E-state index in [1.54, 1.807) is 77.4 Å². The van der Waals surface area contributed by atoms with Gasteiger partial charge in [-0.25, -0.2) is 13.1 Å². The Morgan fingerprint density at radius 1 is 1.03 bits per heavy atom. The fraction of sp³-hybridized carbons (Fsp3) is 0.320. The number of hydrogen-bond acceptors (Lipinski definition) is 7. The van der Waals surface area contributed by atoms with Crippen molar-refractivity contribution in [1.29, 1.82) is 0 Å². The maximum absolute atomic E-state index is 13.7. The monoisotopic (exact) mass is 511 g/mol. The van der Waals surface area contributed by atoms with Gasteiger partial charge in [0, 0.05) is 36.8 Å². The molecule has 10 nitrogen and oxygen atoms in total. The van der Waals surface area contributed by atoms with Crippen LogP contribution in [-0.2, 0) is 21.1 Å². The summed E-state index contributed by atoms with van der Waals surface area (Å²) in [4.78, 5) is 31.0. The van der Waals surface area contributed by atoms with E-state index in [-0.39, 0.29) is 29.1 Å². The number of sulfone groups is 1. The maximum Gasteiger partial charge on any atom is 0.277 e. The molecule has 0 bridgehead atoms. The third-order valence-corrected chi connectivity index (χ3v) is 7.05. The number of aromatic nitrogens is 2. The van der Waals surface area contributed by atoms with Gasteiger partial charge < -0.3 is 19.4 Å². The predicted molar refractivity (Wildman–Crippen MR) is 137 cm³/mol. The molecule has 0 aliphatic carbocycles. The van der Waals surface area contributed by atoms with Crippen molar-refractivity contribution in [2.24, 2.45) is 0 Å². The number of likely N-dealkylation sites (N-methyl/N-ethyl adjacent to an activating group) is 2. The second kappa shape index (κ2) is 9.75. The van der Waals surface area contributed by atoms with E-state index in [2.05, 4.69) is 5.10 Å². The van der Waals surface area contributed by atoms with Crippen molar-refractivity contribution in [2.45, 2.75) is 11.4 Å². The highest BCUT2D eigenvalue weighted by Crippen LogP contribution is 2.31. The van der Waals surface area contributed by atoms with E-state index in [0.29, 0.717) is 41.3 Å². The van der Waals surface area contributed by atoms with Crippen LogP contribution < -0.4 is 14.5 Å². The molecule has 2 amide bonds. The fourth-order valence-electron chi connectivity index (χ4n) is 4.16. The number of rotatable bonds is 7. The molecule has 11 heteroatoms. The fourth-order valence-corrected chi connectivity index (χ4v) is 5.04. The standard InChI is InChI=1S/C25H29N5O5S/c1-27(2)16-22(31)28(3)17-6-8-18(9-7-17)29-15-14-21-23(25(29)32)30(26-24(21)36(5,33)34)19-10-12-20(35-4)13-11-19/h6-13H,14-16H2,1-5H3. The minimum Gasteiger partial charge on any atom is -0.497 e. The van der Waals surface area contributed by atoms with Crippen molar-refractivity contribution in [3.63, 3.8) is 0 Å². The summed E-state index contributed by atoms with van der Waals surface area (Å²) in [6.07, 6.45) is 1.43. The van der Waals surface area contributed by atoms with Gasteiger partial charge in [-0.2, -0.15) is 5.10 Å². The van der Waals surface area contributed by atoms with Crippen molar-refractivity contribution in [2.75, 3.05) is 57.4 Å². The van der Waals surface area contributed by atoms with E-state index >= 15 is 0 Å². The summed E-state index contributed by atoms with van der Waals surface area (Å²) in [6.45, 7) is 0.584. The molecule has 0 saturated carbocycles. The summed E-state index contributed by atoms with van der Waals surface area (Å²) in [5.41, 5.74) is 2.53. The van der Waals surface area contributed by atoms with Crippen LogP contribution in [0.5, 0.6) is 5.75 Å². The van der Waals surface area contributed by atoms with E-state index in [4.69, 9.17) is 4.74 Å². The molecule has 0 radical (unpaired) electrons. The van der Waals surface area contributed by atoms with E-state index in [9.17, 15) is 18.0 Å². The topological polar surface area (TPSA) is 105 Å². The lowest BCUT2D eigenvalue weighted by Crippen LogP contribution is -2.39. The quantitative estimate of drug-likeness (QED) is 0.478. The highest BCUT2D eigenvalue weighted by atomic mass is 32.2. The first-order valence-electron chi connectivity index (χ1n) is 11.3. The molecule has 4 rings (SSSR count). The lowest BCUT2D eigenvalue weighted by molar-refractivity contribution is -0.118. The molecule has 0 N–H and O–H groups in total. The van der Waals surface area contributed by atoms with Gasteiger partial charge in [0.05, 0.1) is 19.3 Å². The summed E-state index contributed by atoms with van der Waals surface area (Å²) < 4.78 is 31.5. The molecular formula is C25H29N5O5S. The molecule has 3 aromatic rings. The highest BCUT2D eigenvalue weighted by Gasteiger charge is 2.36. The number of amides is 2. The van der Waals surface area contributed by atoms with Gasteiger partial charge in [-0.05, 0) is 69.0 Å². The molecule has 1 aliphatic rings. The Balaban J connectivity index is 1.70. The van der Waals surface area contributed by atoms with E-state index in [0.717, 1.165) is 6.26 Å². The SMILES string of the molecule is COc1ccc(-n2nc(S(C)(=O)=O)c3c2C(=O)N(c2ccc(N(C)C(=O)CN(C)C)cc2)CC3)cc1.